The minimum atomic E-state index is 0.985. The number of fused-ring (bicyclic) bond motifs is 5. The molecule has 4 aromatic carbocycles. The van der Waals surface area contributed by atoms with Crippen molar-refractivity contribution in [3.8, 4) is 0 Å². The molecule has 0 aliphatic rings. The van der Waals surface area contributed by atoms with Crippen LogP contribution in [0.15, 0.2) is 84.9 Å². The highest BCUT2D eigenvalue weighted by Crippen LogP contribution is 2.38. The molecular formula is C23H16S. The maximum atomic E-state index is 2.38. The Morgan fingerprint density at radius 2 is 1.38 bits per heavy atom. The average Bonchev–Trinajstić information content (AvgIpc) is 3.01. The smallest absolute Gasteiger partial charge is 0.0361 e. The zero-order chi connectivity index (χ0) is 15.9. The number of benzene rings is 4. The summed E-state index contributed by atoms with van der Waals surface area (Å²) in [6, 6.07) is 30.8. The molecule has 0 atom stereocenters. The van der Waals surface area contributed by atoms with E-state index in [0.717, 1.165) is 6.42 Å². The van der Waals surface area contributed by atoms with Crippen LogP contribution in [0.2, 0.25) is 0 Å². The Morgan fingerprint density at radius 1 is 0.583 bits per heavy atom. The highest BCUT2D eigenvalue weighted by atomic mass is 32.1. The molecule has 0 amide bonds. The summed E-state index contributed by atoms with van der Waals surface area (Å²) >= 11 is 1.89. The lowest BCUT2D eigenvalue weighted by atomic mass is 10.00. The molecule has 0 bridgehead atoms. The van der Waals surface area contributed by atoms with Crippen LogP contribution >= 0.6 is 11.3 Å². The van der Waals surface area contributed by atoms with Gasteiger partial charge in [-0.1, -0.05) is 66.7 Å². The lowest BCUT2D eigenvalue weighted by Crippen LogP contribution is -1.86. The van der Waals surface area contributed by atoms with Crippen molar-refractivity contribution in [3.63, 3.8) is 0 Å². The van der Waals surface area contributed by atoms with Crippen LogP contribution in [0.1, 0.15) is 11.1 Å². The second-order valence-corrected chi connectivity index (χ2v) is 7.34. The van der Waals surface area contributed by atoms with Crippen molar-refractivity contribution in [1.82, 2.24) is 0 Å². The van der Waals surface area contributed by atoms with E-state index in [4.69, 9.17) is 0 Å². The molecule has 0 N–H and O–H groups in total. The first kappa shape index (κ1) is 13.8. The van der Waals surface area contributed by atoms with Gasteiger partial charge in [0.1, 0.15) is 0 Å². The van der Waals surface area contributed by atoms with Crippen molar-refractivity contribution >= 4 is 42.3 Å². The molecular weight excluding hydrogens is 308 g/mol. The second-order valence-electron chi connectivity index (χ2n) is 6.25. The molecule has 5 aromatic rings. The molecule has 0 nitrogen and oxygen atoms in total. The van der Waals surface area contributed by atoms with Crippen molar-refractivity contribution < 1.29 is 0 Å². The summed E-state index contributed by atoms with van der Waals surface area (Å²) in [5, 5.41) is 5.47. The van der Waals surface area contributed by atoms with Gasteiger partial charge in [0.2, 0.25) is 0 Å². The number of hydrogen-bond donors (Lipinski definition) is 0. The van der Waals surface area contributed by atoms with Crippen molar-refractivity contribution in [2.45, 2.75) is 6.42 Å². The standard InChI is InChI=1S/C23H16S/c1-2-6-16(7-3-1)14-17-10-12-21-20(15-17)23-19-9-5-4-8-18(19)11-13-22(23)24-21/h1-13,15H,14H2. The van der Waals surface area contributed by atoms with Gasteiger partial charge in [-0.2, -0.15) is 0 Å². The molecule has 0 saturated carbocycles. The zero-order valence-electron chi connectivity index (χ0n) is 13.2. The van der Waals surface area contributed by atoms with E-state index in [1.54, 1.807) is 0 Å². The van der Waals surface area contributed by atoms with Gasteiger partial charge in [-0.25, -0.2) is 0 Å². The predicted molar refractivity (Wildman–Crippen MR) is 106 cm³/mol. The van der Waals surface area contributed by atoms with E-state index in [-0.39, 0.29) is 0 Å². The summed E-state index contributed by atoms with van der Waals surface area (Å²) in [5.74, 6) is 0. The Labute approximate surface area is 145 Å². The van der Waals surface area contributed by atoms with Crippen LogP contribution in [0.5, 0.6) is 0 Å². The quantitative estimate of drug-likeness (QED) is 0.335. The first-order chi connectivity index (χ1) is 11.9. The monoisotopic (exact) mass is 324 g/mol. The van der Waals surface area contributed by atoms with E-state index in [9.17, 15) is 0 Å². The molecule has 1 heteroatoms. The predicted octanol–water partition coefficient (Wildman–Crippen LogP) is 6.80. The fraction of sp³-hybridized carbons (Fsp3) is 0.0435. The Balaban J connectivity index is 1.75. The first-order valence-electron chi connectivity index (χ1n) is 8.25. The van der Waals surface area contributed by atoms with Gasteiger partial charge in [-0.3, -0.25) is 0 Å². The van der Waals surface area contributed by atoms with Crippen molar-refractivity contribution in [3.05, 3.63) is 96.1 Å². The van der Waals surface area contributed by atoms with Crippen LogP contribution in [0, 0.1) is 0 Å². The van der Waals surface area contributed by atoms with Gasteiger partial charge in [0, 0.05) is 20.2 Å². The van der Waals surface area contributed by atoms with E-state index in [1.807, 2.05) is 11.3 Å². The Hall–Kier alpha value is -2.64. The molecule has 1 aromatic heterocycles. The maximum Gasteiger partial charge on any atom is 0.0361 e. The highest BCUT2D eigenvalue weighted by molar-refractivity contribution is 7.26. The summed E-state index contributed by atoms with van der Waals surface area (Å²) in [4.78, 5) is 0. The molecule has 0 unspecified atom stereocenters. The van der Waals surface area contributed by atoms with E-state index in [0.29, 0.717) is 0 Å². The molecule has 0 aliphatic heterocycles. The molecule has 114 valence electrons. The highest BCUT2D eigenvalue weighted by Gasteiger charge is 2.09. The topological polar surface area (TPSA) is 0 Å². The summed E-state index contributed by atoms with van der Waals surface area (Å²) in [6.07, 6.45) is 0.985. The van der Waals surface area contributed by atoms with Gasteiger partial charge in [0.25, 0.3) is 0 Å². The molecule has 1 heterocycles. The minimum Gasteiger partial charge on any atom is -0.135 e. The van der Waals surface area contributed by atoms with Crippen LogP contribution in [-0.2, 0) is 6.42 Å². The number of rotatable bonds is 2. The summed E-state index contributed by atoms with van der Waals surface area (Å²) in [6.45, 7) is 0. The Bertz CT molecular complexity index is 1170. The fourth-order valence-corrected chi connectivity index (χ4v) is 4.64. The third-order valence-corrected chi connectivity index (χ3v) is 5.81. The van der Waals surface area contributed by atoms with E-state index < -0.39 is 0 Å². The van der Waals surface area contributed by atoms with E-state index >= 15 is 0 Å². The van der Waals surface area contributed by atoms with Gasteiger partial charge in [-0.15, -0.1) is 11.3 Å². The van der Waals surface area contributed by atoms with Crippen LogP contribution in [-0.4, -0.2) is 0 Å². The Morgan fingerprint density at radius 3 is 2.29 bits per heavy atom. The lowest BCUT2D eigenvalue weighted by Gasteiger charge is -2.04. The third-order valence-electron chi connectivity index (χ3n) is 4.68. The van der Waals surface area contributed by atoms with Gasteiger partial charge in [0.05, 0.1) is 0 Å². The summed E-state index contributed by atoms with van der Waals surface area (Å²) in [5.41, 5.74) is 2.74. The first-order valence-corrected chi connectivity index (χ1v) is 9.07. The molecule has 0 saturated heterocycles. The summed E-state index contributed by atoms with van der Waals surface area (Å²) < 4.78 is 2.75. The van der Waals surface area contributed by atoms with Crippen LogP contribution in [0.3, 0.4) is 0 Å². The third kappa shape index (κ3) is 2.21. The normalized spacial score (nSPS) is 11.5. The second kappa shape index (κ2) is 5.47. The van der Waals surface area contributed by atoms with E-state index in [2.05, 4.69) is 84.9 Å². The van der Waals surface area contributed by atoms with Crippen molar-refractivity contribution in [2.75, 3.05) is 0 Å². The molecule has 0 radical (unpaired) electrons. The Kier molecular flexibility index (Phi) is 3.14. The lowest BCUT2D eigenvalue weighted by molar-refractivity contribution is 1.20. The van der Waals surface area contributed by atoms with Crippen molar-refractivity contribution in [2.24, 2.45) is 0 Å². The SMILES string of the molecule is c1ccc(Cc2ccc3sc4ccc5ccccc5c4c3c2)cc1. The van der Waals surface area contributed by atoms with E-state index in [1.165, 1.54) is 42.1 Å². The van der Waals surface area contributed by atoms with Gasteiger partial charge in [0.15, 0.2) is 0 Å². The zero-order valence-corrected chi connectivity index (χ0v) is 14.0. The maximum absolute atomic E-state index is 2.38. The fourth-order valence-electron chi connectivity index (χ4n) is 3.54. The van der Waals surface area contributed by atoms with Gasteiger partial charge >= 0.3 is 0 Å². The number of thiophene rings is 1. The molecule has 24 heavy (non-hydrogen) atoms. The van der Waals surface area contributed by atoms with Gasteiger partial charge < -0.3 is 0 Å². The van der Waals surface area contributed by atoms with Crippen LogP contribution < -0.4 is 0 Å². The van der Waals surface area contributed by atoms with Crippen LogP contribution in [0.25, 0.3) is 30.9 Å². The molecule has 0 aliphatic carbocycles. The molecule has 0 fully saturated rings. The average molecular weight is 324 g/mol. The minimum absolute atomic E-state index is 0.985. The molecule has 0 spiro atoms. The van der Waals surface area contributed by atoms with Crippen molar-refractivity contribution in [1.29, 1.82) is 0 Å². The van der Waals surface area contributed by atoms with Crippen LogP contribution in [0.4, 0.5) is 0 Å². The largest absolute Gasteiger partial charge is 0.135 e. The van der Waals surface area contributed by atoms with Gasteiger partial charge in [-0.05, 0) is 46.5 Å². The summed E-state index contributed by atoms with van der Waals surface area (Å²) in [7, 11) is 0. The molecule has 5 rings (SSSR count). The number of hydrogen-bond acceptors (Lipinski definition) is 1.